The number of nitrogens with zero attached hydrogens (tertiary/aromatic N) is 4. The van der Waals surface area contributed by atoms with Crippen LogP contribution >= 0.6 is 0 Å². The molecule has 2 aliphatic rings. The van der Waals surface area contributed by atoms with Crippen LogP contribution in [0.2, 0.25) is 0 Å². The number of carbonyl (C=O) groups excluding carboxylic acids is 2. The molecule has 2 N–H and O–H groups in total. The van der Waals surface area contributed by atoms with Gasteiger partial charge in [-0.15, -0.1) is 0 Å². The van der Waals surface area contributed by atoms with Crippen molar-refractivity contribution >= 4 is 17.4 Å². The second-order valence-electron chi connectivity index (χ2n) is 8.30. The van der Waals surface area contributed by atoms with Crippen molar-refractivity contribution in [1.82, 2.24) is 19.8 Å². The summed E-state index contributed by atoms with van der Waals surface area (Å²) in [4.78, 5) is 38.1. The number of ketones is 1. The van der Waals surface area contributed by atoms with E-state index >= 15 is 0 Å². The van der Waals surface area contributed by atoms with Crippen molar-refractivity contribution in [3.05, 3.63) is 54.1 Å². The van der Waals surface area contributed by atoms with Gasteiger partial charge in [-0.25, -0.2) is 0 Å². The van der Waals surface area contributed by atoms with Crippen LogP contribution in [0.25, 0.3) is 0 Å². The highest BCUT2D eigenvalue weighted by molar-refractivity contribution is 5.96. The first-order valence-corrected chi connectivity index (χ1v) is 10.8. The highest BCUT2D eigenvalue weighted by Gasteiger charge is 2.33. The van der Waals surface area contributed by atoms with E-state index in [4.69, 9.17) is 5.73 Å². The Hall–Kier alpha value is -2.80. The molecule has 0 bridgehead atoms. The molecule has 2 saturated heterocycles. The van der Waals surface area contributed by atoms with Gasteiger partial charge in [0.1, 0.15) is 5.69 Å². The molecule has 0 radical (unpaired) electrons. The van der Waals surface area contributed by atoms with Gasteiger partial charge in [-0.05, 0) is 62.5 Å². The number of Topliss-reactive ketones (excluding diaryl/α,β-unsaturated/α-hetero) is 1. The van der Waals surface area contributed by atoms with Crippen molar-refractivity contribution in [2.75, 3.05) is 31.9 Å². The summed E-state index contributed by atoms with van der Waals surface area (Å²) in [5, 5.41) is 0. The van der Waals surface area contributed by atoms with Crippen LogP contribution in [0.4, 0.5) is 5.69 Å². The number of anilines is 1. The number of piperidine rings is 2. The topological polar surface area (TPSA) is 92.4 Å². The maximum Gasteiger partial charge on any atom is 0.225 e. The number of hydrogen-bond acceptors (Lipinski definition) is 6. The molecule has 2 aromatic heterocycles. The Morgan fingerprint density at radius 1 is 0.967 bits per heavy atom. The van der Waals surface area contributed by atoms with Crippen molar-refractivity contribution in [3.8, 4) is 0 Å². The Bertz CT molecular complexity index is 872. The Labute approximate surface area is 177 Å². The van der Waals surface area contributed by atoms with Crippen LogP contribution < -0.4 is 5.73 Å². The van der Waals surface area contributed by atoms with Crippen LogP contribution in [-0.4, -0.2) is 57.6 Å². The van der Waals surface area contributed by atoms with E-state index in [-0.39, 0.29) is 23.5 Å². The molecule has 0 atom stereocenters. The summed E-state index contributed by atoms with van der Waals surface area (Å²) in [6.45, 7) is 3.92. The number of rotatable bonds is 5. The van der Waals surface area contributed by atoms with E-state index in [1.165, 1.54) is 0 Å². The van der Waals surface area contributed by atoms with E-state index < -0.39 is 0 Å². The molecule has 1 amide bonds. The molecule has 2 aliphatic heterocycles. The first-order valence-electron chi connectivity index (χ1n) is 10.8. The predicted octanol–water partition coefficient (Wildman–Crippen LogP) is 2.39. The lowest BCUT2D eigenvalue weighted by Crippen LogP contribution is -2.46. The number of likely N-dealkylation sites (tertiary alicyclic amines) is 2. The van der Waals surface area contributed by atoms with Crippen molar-refractivity contribution in [3.63, 3.8) is 0 Å². The molecule has 0 saturated carbocycles. The zero-order valence-corrected chi connectivity index (χ0v) is 17.2. The molecule has 7 heteroatoms. The lowest BCUT2D eigenvalue weighted by molar-refractivity contribution is -0.138. The molecule has 0 aliphatic carbocycles. The molecule has 0 spiro atoms. The number of hydrogen-bond donors (Lipinski definition) is 1. The summed E-state index contributed by atoms with van der Waals surface area (Å²) in [5.41, 5.74) is 8.35. The lowest BCUT2D eigenvalue weighted by Gasteiger charge is -2.37. The largest absolute Gasteiger partial charge is 0.397 e. The van der Waals surface area contributed by atoms with E-state index in [0.717, 1.165) is 56.6 Å². The zero-order chi connectivity index (χ0) is 20.9. The van der Waals surface area contributed by atoms with Gasteiger partial charge in [-0.3, -0.25) is 24.5 Å². The van der Waals surface area contributed by atoms with Crippen molar-refractivity contribution in [1.29, 1.82) is 0 Å². The molecular weight excluding hydrogens is 378 g/mol. The quantitative estimate of drug-likeness (QED) is 0.765. The van der Waals surface area contributed by atoms with Gasteiger partial charge in [-0.2, -0.15) is 0 Å². The Kier molecular flexibility index (Phi) is 6.38. The van der Waals surface area contributed by atoms with Crippen LogP contribution in [0, 0.1) is 11.8 Å². The smallest absolute Gasteiger partial charge is 0.225 e. The SMILES string of the molecule is Nc1cnccc1CN1CCC(C(=O)N2CCC(C(=O)c3ccccn3)CC2)CC1. The van der Waals surface area contributed by atoms with Crippen molar-refractivity contribution in [2.24, 2.45) is 11.8 Å². The third-order valence-electron chi connectivity index (χ3n) is 6.37. The van der Waals surface area contributed by atoms with E-state index in [1.807, 2.05) is 23.1 Å². The Balaban J connectivity index is 1.24. The van der Waals surface area contributed by atoms with Crippen molar-refractivity contribution in [2.45, 2.75) is 32.2 Å². The van der Waals surface area contributed by atoms with Gasteiger partial charge in [0, 0.05) is 43.9 Å². The molecular formula is C23H29N5O2. The van der Waals surface area contributed by atoms with Gasteiger partial charge in [0.15, 0.2) is 5.78 Å². The van der Waals surface area contributed by atoms with Gasteiger partial charge < -0.3 is 10.6 Å². The number of nitrogens with two attached hydrogens (primary N) is 1. The number of pyridine rings is 2. The molecule has 158 valence electrons. The van der Waals surface area contributed by atoms with Crippen LogP contribution in [0.15, 0.2) is 42.9 Å². The van der Waals surface area contributed by atoms with Crippen molar-refractivity contribution < 1.29 is 9.59 Å². The summed E-state index contributed by atoms with van der Waals surface area (Å²) in [6.07, 6.45) is 8.30. The maximum absolute atomic E-state index is 13.0. The minimum Gasteiger partial charge on any atom is -0.397 e. The van der Waals surface area contributed by atoms with Gasteiger partial charge >= 0.3 is 0 Å². The summed E-state index contributed by atoms with van der Waals surface area (Å²) in [7, 11) is 0. The van der Waals surface area contributed by atoms with Gasteiger partial charge in [0.25, 0.3) is 0 Å². The standard InChI is InChI=1S/C23H29N5O2/c24-20-15-25-10-4-19(20)16-27-11-5-18(6-12-27)23(30)28-13-7-17(8-14-28)22(29)21-3-1-2-9-26-21/h1-4,9-10,15,17-18H,5-8,11-14,16,24H2. The molecule has 0 unspecified atom stereocenters. The highest BCUT2D eigenvalue weighted by atomic mass is 16.2. The van der Waals surface area contributed by atoms with E-state index in [1.54, 1.807) is 24.7 Å². The normalized spacial score (nSPS) is 19.0. The molecule has 0 aromatic carbocycles. The fourth-order valence-corrected chi connectivity index (χ4v) is 4.50. The fraction of sp³-hybridized carbons (Fsp3) is 0.478. The first kappa shape index (κ1) is 20.5. The molecule has 7 nitrogen and oxygen atoms in total. The first-order chi connectivity index (χ1) is 14.6. The third-order valence-corrected chi connectivity index (χ3v) is 6.37. The molecule has 4 rings (SSSR count). The predicted molar refractivity (Wildman–Crippen MR) is 115 cm³/mol. The van der Waals surface area contributed by atoms with E-state index in [0.29, 0.717) is 18.8 Å². The van der Waals surface area contributed by atoms with Crippen LogP contribution in [0.3, 0.4) is 0 Å². The average Bonchev–Trinajstić information content (AvgIpc) is 2.81. The monoisotopic (exact) mass is 407 g/mol. The van der Waals surface area contributed by atoms with Crippen LogP contribution in [-0.2, 0) is 11.3 Å². The van der Waals surface area contributed by atoms with Gasteiger partial charge in [0.05, 0.1) is 11.9 Å². The average molecular weight is 408 g/mol. The molecule has 30 heavy (non-hydrogen) atoms. The fourth-order valence-electron chi connectivity index (χ4n) is 4.50. The van der Waals surface area contributed by atoms with Crippen LogP contribution in [0.1, 0.15) is 41.7 Å². The zero-order valence-electron chi connectivity index (χ0n) is 17.2. The molecule has 2 aromatic rings. The number of aromatic nitrogens is 2. The molecule has 4 heterocycles. The van der Waals surface area contributed by atoms with Gasteiger partial charge in [-0.1, -0.05) is 6.07 Å². The number of carbonyl (C=O) groups is 2. The van der Waals surface area contributed by atoms with Gasteiger partial charge in [0.2, 0.25) is 5.91 Å². The summed E-state index contributed by atoms with van der Waals surface area (Å²) in [5.74, 6) is 0.406. The maximum atomic E-state index is 13.0. The minimum absolute atomic E-state index is 0.0309. The second kappa shape index (κ2) is 9.34. The molecule has 2 fully saturated rings. The highest BCUT2D eigenvalue weighted by Crippen LogP contribution is 2.26. The minimum atomic E-state index is -0.0309. The summed E-state index contributed by atoms with van der Waals surface area (Å²) >= 11 is 0. The van der Waals surface area contributed by atoms with E-state index in [9.17, 15) is 9.59 Å². The summed E-state index contributed by atoms with van der Waals surface area (Å²) < 4.78 is 0. The van der Waals surface area contributed by atoms with Crippen LogP contribution in [0.5, 0.6) is 0 Å². The number of nitrogen functional groups attached to an aromatic ring is 1. The number of amides is 1. The summed E-state index contributed by atoms with van der Waals surface area (Å²) in [6, 6.07) is 7.39. The second-order valence-corrected chi connectivity index (χ2v) is 8.30. The Morgan fingerprint density at radius 3 is 2.37 bits per heavy atom. The third kappa shape index (κ3) is 4.67. The lowest BCUT2D eigenvalue weighted by atomic mass is 9.89. The Morgan fingerprint density at radius 2 is 1.70 bits per heavy atom. The van der Waals surface area contributed by atoms with E-state index in [2.05, 4.69) is 14.9 Å².